The lowest BCUT2D eigenvalue weighted by atomic mass is 9.97. The molecule has 3 rings (SSSR count). The monoisotopic (exact) mass is 359 g/mol. The third kappa shape index (κ3) is 4.54. The van der Waals surface area contributed by atoms with Gasteiger partial charge in [-0.05, 0) is 44.4 Å². The highest BCUT2D eigenvalue weighted by atomic mass is 32.1. The molecule has 0 spiro atoms. The minimum absolute atomic E-state index is 0.107. The van der Waals surface area contributed by atoms with Gasteiger partial charge < -0.3 is 15.5 Å². The number of hydrogen-bond acceptors (Lipinski definition) is 5. The van der Waals surface area contributed by atoms with E-state index in [2.05, 4.69) is 20.8 Å². The van der Waals surface area contributed by atoms with E-state index in [9.17, 15) is 9.59 Å². The van der Waals surface area contributed by atoms with Crippen LogP contribution in [0.4, 0.5) is 15.6 Å². The van der Waals surface area contributed by atoms with E-state index in [1.165, 1.54) is 11.3 Å². The lowest BCUT2D eigenvalue weighted by Gasteiger charge is -2.31. The number of nitrogens with zero attached hydrogens (tertiary/aromatic N) is 3. The van der Waals surface area contributed by atoms with Gasteiger partial charge in [0.25, 0.3) is 0 Å². The summed E-state index contributed by atoms with van der Waals surface area (Å²) in [5, 5.41) is 14.8. The highest BCUT2D eigenvalue weighted by Gasteiger charge is 2.29. The zero-order valence-electron chi connectivity index (χ0n) is 14.3. The first kappa shape index (κ1) is 17.3. The van der Waals surface area contributed by atoms with Crippen LogP contribution in [0, 0.1) is 19.8 Å². The van der Waals surface area contributed by atoms with Crippen LogP contribution in [0.15, 0.2) is 24.3 Å². The molecule has 0 radical (unpaired) electrons. The number of nitrogens with one attached hydrogen (secondary N) is 2. The van der Waals surface area contributed by atoms with Gasteiger partial charge in [-0.1, -0.05) is 23.5 Å². The molecule has 132 valence electrons. The van der Waals surface area contributed by atoms with Gasteiger partial charge in [0.1, 0.15) is 5.01 Å². The SMILES string of the molecule is Cc1cccc(NC(=O)N2CCC[C@H](C(=O)Nc3nnc(C)s3)C2)c1. The fourth-order valence-corrected chi connectivity index (χ4v) is 3.45. The first-order valence-corrected chi connectivity index (χ1v) is 9.06. The number of piperidine rings is 1. The molecule has 1 saturated heterocycles. The molecule has 0 saturated carbocycles. The van der Waals surface area contributed by atoms with Gasteiger partial charge in [-0.15, -0.1) is 10.2 Å². The molecule has 1 atom stereocenters. The topological polar surface area (TPSA) is 87.2 Å². The molecule has 25 heavy (non-hydrogen) atoms. The average Bonchev–Trinajstić information content (AvgIpc) is 3.00. The van der Waals surface area contributed by atoms with Crippen LogP contribution in [0.3, 0.4) is 0 Å². The van der Waals surface area contributed by atoms with Gasteiger partial charge in [-0.2, -0.15) is 0 Å². The number of carbonyl (C=O) groups is 2. The summed E-state index contributed by atoms with van der Waals surface area (Å²) in [7, 11) is 0. The van der Waals surface area contributed by atoms with Crippen molar-refractivity contribution in [3.05, 3.63) is 34.8 Å². The maximum Gasteiger partial charge on any atom is 0.321 e. The highest BCUT2D eigenvalue weighted by molar-refractivity contribution is 7.15. The van der Waals surface area contributed by atoms with E-state index in [4.69, 9.17) is 0 Å². The van der Waals surface area contributed by atoms with Crippen molar-refractivity contribution >= 4 is 34.1 Å². The number of rotatable bonds is 3. The van der Waals surface area contributed by atoms with Gasteiger partial charge in [0.2, 0.25) is 11.0 Å². The summed E-state index contributed by atoms with van der Waals surface area (Å²) in [5.74, 6) is -0.342. The molecule has 1 aromatic carbocycles. The molecule has 1 aromatic heterocycles. The quantitative estimate of drug-likeness (QED) is 0.882. The Morgan fingerprint density at radius 2 is 2.08 bits per heavy atom. The van der Waals surface area contributed by atoms with Crippen molar-refractivity contribution in [1.29, 1.82) is 0 Å². The van der Waals surface area contributed by atoms with Crippen molar-refractivity contribution in [3.63, 3.8) is 0 Å². The molecule has 1 aliphatic rings. The normalized spacial score (nSPS) is 17.2. The summed E-state index contributed by atoms with van der Waals surface area (Å²) in [6.07, 6.45) is 1.56. The van der Waals surface area contributed by atoms with Crippen molar-refractivity contribution < 1.29 is 9.59 Å². The number of anilines is 2. The molecule has 0 aliphatic carbocycles. The summed E-state index contributed by atoms with van der Waals surface area (Å²) in [6.45, 7) is 4.87. The standard InChI is InChI=1S/C17H21N5O2S/c1-11-5-3-7-14(9-11)18-17(24)22-8-4-6-13(10-22)15(23)19-16-21-20-12(2)25-16/h3,5,7,9,13H,4,6,8,10H2,1-2H3,(H,18,24)(H,19,21,23)/t13-/m0/s1. The van der Waals surface area contributed by atoms with Crippen LogP contribution >= 0.6 is 11.3 Å². The molecule has 7 nitrogen and oxygen atoms in total. The summed E-state index contributed by atoms with van der Waals surface area (Å²) in [6, 6.07) is 7.49. The first-order chi connectivity index (χ1) is 12.0. The van der Waals surface area contributed by atoms with Crippen molar-refractivity contribution in [2.24, 2.45) is 5.92 Å². The molecule has 2 aromatic rings. The Kier molecular flexibility index (Phi) is 5.28. The average molecular weight is 359 g/mol. The Bertz CT molecular complexity index is 776. The van der Waals surface area contributed by atoms with E-state index in [1.807, 2.05) is 38.1 Å². The zero-order chi connectivity index (χ0) is 17.8. The second-order valence-corrected chi connectivity index (χ2v) is 7.38. The van der Waals surface area contributed by atoms with E-state index in [-0.39, 0.29) is 17.9 Å². The second-order valence-electron chi connectivity index (χ2n) is 6.20. The van der Waals surface area contributed by atoms with Crippen molar-refractivity contribution in [2.75, 3.05) is 23.7 Å². The minimum atomic E-state index is -0.235. The number of hydrogen-bond donors (Lipinski definition) is 2. The van der Waals surface area contributed by atoms with Gasteiger partial charge >= 0.3 is 6.03 Å². The smallest absolute Gasteiger partial charge is 0.321 e. The minimum Gasteiger partial charge on any atom is -0.324 e. The Labute approximate surface area is 150 Å². The van der Waals surface area contributed by atoms with Gasteiger partial charge in [0.05, 0.1) is 5.92 Å². The van der Waals surface area contributed by atoms with E-state index in [0.29, 0.717) is 18.2 Å². The number of benzene rings is 1. The van der Waals surface area contributed by atoms with Crippen molar-refractivity contribution in [3.8, 4) is 0 Å². The van der Waals surface area contributed by atoms with Crippen LogP contribution in [0.1, 0.15) is 23.4 Å². The number of likely N-dealkylation sites (tertiary alicyclic amines) is 1. The lowest BCUT2D eigenvalue weighted by Crippen LogP contribution is -2.45. The van der Waals surface area contributed by atoms with Crippen molar-refractivity contribution in [2.45, 2.75) is 26.7 Å². The maximum absolute atomic E-state index is 12.5. The molecule has 1 aliphatic heterocycles. The second kappa shape index (κ2) is 7.60. The Morgan fingerprint density at radius 1 is 1.24 bits per heavy atom. The fraction of sp³-hybridized carbons (Fsp3) is 0.412. The van der Waals surface area contributed by atoms with Crippen LogP contribution in [-0.2, 0) is 4.79 Å². The number of aromatic nitrogens is 2. The van der Waals surface area contributed by atoms with Gasteiger partial charge in [-0.3, -0.25) is 4.79 Å². The van der Waals surface area contributed by atoms with Crippen LogP contribution < -0.4 is 10.6 Å². The van der Waals surface area contributed by atoms with E-state index in [1.54, 1.807) is 4.90 Å². The highest BCUT2D eigenvalue weighted by Crippen LogP contribution is 2.21. The molecule has 1 fully saturated rings. The molecular formula is C17H21N5O2S. The number of amides is 3. The Morgan fingerprint density at radius 3 is 2.80 bits per heavy atom. The van der Waals surface area contributed by atoms with Gasteiger partial charge in [0, 0.05) is 18.8 Å². The predicted octanol–water partition coefficient (Wildman–Crippen LogP) is 3.04. The van der Waals surface area contributed by atoms with Crippen LogP contribution in [-0.4, -0.2) is 40.1 Å². The van der Waals surface area contributed by atoms with E-state index < -0.39 is 0 Å². The molecule has 0 bridgehead atoms. The van der Waals surface area contributed by atoms with Gasteiger partial charge in [0.15, 0.2) is 0 Å². The molecule has 0 unspecified atom stereocenters. The molecule has 8 heteroatoms. The largest absolute Gasteiger partial charge is 0.324 e. The number of urea groups is 1. The Hall–Kier alpha value is -2.48. The first-order valence-electron chi connectivity index (χ1n) is 8.25. The predicted molar refractivity (Wildman–Crippen MR) is 97.8 cm³/mol. The Balaban J connectivity index is 1.58. The van der Waals surface area contributed by atoms with Gasteiger partial charge in [-0.25, -0.2) is 4.79 Å². The van der Waals surface area contributed by atoms with Crippen LogP contribution in [0.5, 0.6) is 0 Å². The molecular weight excluding hydrogens is 338 g/mol. The summed E-state index contributed by atoms with van der Waals surface area (Å²) < 4.78 is 0. The fourth-order valence-electron chi connectivity index (χ4n) is 2.86. The lowest BCUT2D eigenvalue weighted by molar-refractivity contribution is -0.121. The zero-order valence-corrected chi connectivity index (χ0v) is 15.1. The maximum atomic E-state index is 12.5. The van der Waals surface area contributed by atoms with Crippen LogP contribution in [0.2, 0.25) is 0 Å². The third-order valence-electron chi connectivity index (χ3n) is 4.10. The molecule has 2 heterocycles. The number of carbonyl (C=O) groups excluding carboxylic acids is 2. The van der Waals surface area contributed by atoms with E-state index >= 15 is 0 Å². The molecule has 2 N–H and O–H groups in total. The third-order valence-corrected chi connectivity index (χ3v) is 4.86. The number of aryl methyl sites for hydroxylation is 2. The summed E-state index contributed by atoms with van der Waals surface area (Å²) in [4.78, 5) is 26.6. The molecule has 3 amide bonds. The van der Waals surface area contributed by atoms with Crippen molar-refractivity contribution in [1.82, 2.24) is 15.1 Å². The summed E-state index contributed by atoms with van der Waals surface area (Å²) in [5.41, 5.74) is 1.85. The van der Waals surface area contributed by atoms with E-state index in [0.717, 1.165) is 29.1 Å². The van der Waals surface area contributed by atoms with Crippen LogP contribution in [0.25, 0.3) is 0 Å². The summed E-state index contributed by atoms with van der Waals surface area (Å²) >= 11 is 1.34.